The van der Waals surface area contributed by atoms with Crippen molar-refractivity contribution >= 4 is 22.4 Å². The van der Waals surface area contributed by atoms with E-state index < -0.39 is 0 Å². The molecule has 0 aliphatic carbocycles. The van der Waals surface area contributed by atoms with Gasteiger partial charge < -0.3 is 4.57 Å². The van der Waals surface area contributed by atoms with Crippen molar-refractivity contribution in [1.82, 2.24) is 29.9 Å². The summed E-state index contributed by atoms with van der Waals surface area (Å²) in [7, 11) is 0. The summed E-state index contributed by atoms with van der Waals surface area (Å²) < 4.78 is 2.16. The zero-order valence-corrected chi connectivity index (χ0v) is 12.8. The molecule has 0 saturated carbocycles. The summed E-state index contributed by atoms with van der Waals surface area (Å²) in [6.45, 7) is 6.82. The number of fused-ring (bicyclic) bond motifs is 1. The Balaban J connectivity index is 1.60. The number of anilines is 1. The van der Waals surface area contributed by atoms with Crippen LogP contribution in [0, 0.1) is 0 Å². The Labute approximate surface area is 126 Å². The molecular weight excluding hydrogens is 290 g/mol. The molecule has 3 heterocycles. The summed E-state index contributed by atoms with van der Waals surface area (Å²) in [5.74, 6) is 2.22. The fraction of sp³-hybridized carbons (Fsp3) is 0.583. The molecule has 21 heavy (non-hydrogen) atoms. The van der Waals surface area contributed by atoms with Gasteiger partial charge in [-0.3, -0.25) is 15.0 Å². The van der Waals surface area contributed by atoms with Crippen LogP contribution in [0.5, 0.6) is 0 Å². The van der Waals surface area contributed by atoms with Crippen molar-refractivity contribution in [1.29, 1.82) is 0 Å². The molecule has 8 nitrogen and oxygen atoms in total. The van der Waals surface area contributed by atoms with Crippen LogP contribution in [0.2, 0.25) is 0 Å². The van der Waals surface area contributed by atoms with E-state index in [-0.39, 0.29) is 5.91 Å². The summed E-state index contributed by atoms with van der Waals surface area (Å²) >= 11 is 1.31. The largest absolute Gasteiger partial charge is 0.312 e. The highest BCUT2D eigenvalue weighted by atomic mass is 32.1. The molecule has 0 unspecified atom stereocenters. The van der Waals surface area contributed by atoms with E-state index in [1.165, 1.54) is 11.3 Å². The number of aromatic nitrogens is 5. The molecule has 1 aliphatic heterocycles. The van der Waals surface area contributed by atoms with E-state index in [9.17, 15) is 4.79 Å². The minimum absolute atomic E-state index is 0.0798. The van der Waals surface area contributed by atoms with E-state index in [4.69, 9.17) is 0 Å². The van der Waals surface area contributed by atoms with Crippen molar-refractivity contribution in [3.05, 3.63) is 17.2 Å². The summed E-state index contributed by atoms with van der Waals surface area (Å²) in [6.07, 6.45) is 0. The van der Waals surface area contributed by atoms with Gasteiger partial charge in [0.05, 0.1) is 13.1 Å². The van der Waals surface area contributed by atoms with Gasteiger partial charge in [-0.1, -0.05) is 25.2 Å². The van der Waals surface area contributed by atoms with Gasteiger partial charge in [0.2, 0.25) is 11.0 Å². The minimum Gasteiger partial charge on any atom is -0.312 e. The average molecular weight is 307 g/mol. The van der Waals surface area contributed by atoms with Crippen molar-refractivity contribution in [2.24, 2.45) is 0 Å². The Morgan fingerprint density at radius 1 is 1.38 bits per heavy atom. The highest BCUT2D eigenvalue weighted by molar-refractivity contribution is 7.13. The third-order valence-corrected chi connectivity index (χ3v) is 3.96. The van der Waals surface area contributed by atoms with Gasteiger partial charge in [-0.25, -0.2) is 0 Å². The van der Waals surface area contributed by atoms with Crippen LogP contribution in [0.3, 0.4) is 0 Å². The number of hydrogen-bond acceptors (Lipinski definition) is 7. The van der Waals surface area contributed by atoms with Crippen LogP contribution in [0.4, 0.5) is 5.13 Å². The number of carbonyl (C=O) groups excluding carboxylic acids is 1. The highest BCUT2D eigenvalue weighted by Gasteiger charge is 2.23. The second-order valence-corrected chi connectivity index (χ2v) is 6.12. The highest BCUT2D eigenvalue weighted by Crippen LogP contribution is 2.18. The van der Waals surface area contributed by atoms with Crippen LogP contribution in [0.1, 0.15) is 31.4 Å². The van der Waals surface area contributed by atoms with Crippen LogP contribution in [-0.2, 0) is 17.9 Å². The van der Waals surface area contributed by atoms with Crippen molar-refractivity contribution in [3.63, 3.8) is 0 Å². The van der Waals surface area contributed by atoms with Gasteiger partial charge in [-0.15, -0.1) is 20.4 Å². The van der Waals surface area contributed by atoms with Crippen molar-refractivity contribution in [3.8, 4) is 0 Å². The van der Waals surface area contributed by atoms with E-state index in [1.807, 2.05) is 0 Å². The Morgan fingerprint density at radius 2 is 2.24 bits per heavy atom. The summed E-state index contributed by atoms with van der Waals surface area (Å²) in [5.41, 5.74) is 1.59. The van der Waals surface area contributed by atoms with Gasteiger partial charge in [-0.05, 0) is 0 Å². The van der Waals surface area contributed by atoms with Crippen LogP contribution in [0.25, 0.3) is 0 Å². The fourth-order valence-corrected chi connectivity index (χ4v) is 2.84. The number of rotatable bonds is 4. The molecule has 3 rings (SSSR count). The number of carbonyl (C=O) groups is 1. The first-order chi connectivity index (χ1) is 10.1. The van der Waals surface area contributed by atoms with Crippen molar-refractivity contribution < 1.29 is 4.79 Å². The molecule has 0 spiro atoms. The average Bonchev–Trinajstić information content (AvgIpc) is 3.06. The van der Waals surface area contributed by atoms with Gasteiger partial charge in [0.15, 0.2) is 0 Å². The molecule has 112 valence electrons. The Morgan fingerprint density at radius 3 is 2.95 bits per heavy atom. The number of nitrogens with one attached hydrogen (secondary N) is 1. The van der Waals surface area contributed by atoms with Crippen molar-refractivity contribution in [2.45, 2.75) is 32.9 Å². The molecule has 1 amide bonds. The zero-order chi connectivity index (χ0) is 14.8. The standard InChI is InChI=1S/C12H17N7OS/c1-8(2)11-16-15-9-5-18(3-4-19(9)11)6-10(20)14-12-17-13-7-21-12/h7-8H,3-6H2,1-2H3,(H,14,17,20). The molecule has 0 fully saturated rings. The smallest absolute Gasteiger partial charge is 0.240 e. The number of nitrogens with zero attached hydrogens (tertiary/aromatic N) is 6. The molecule has 0 bridgehead atoms. The lowest BCUT2D eigenvalue weighted by Crippen LogP contribution is -2.39. The van der Waals surface area contributed by atoms with Gasteiger partial charge in [0, 0.05) is 19.0 Å². The SMILES string of the molecule is CC(C)c1nnc2n1CCN(CC(=O)Nc1nncs1)C2. The van der Waals surface area contributed by atoms with Gasteiger partial charge in [0.25, 0.3) is 0 Å². The first kappa shape index (κ1) is 14.1. The quantitative estimate of drug-likeness (QED) is 0.895. The van der Waals surface area contributed by atoms with E-state index in [2.05, 4.69) is 49.0 Å². The topological polar surface area (TPSA) is 88.8 Å². The maximum Gasteiger partial charge on any atom is 0.240 e. The van der Waals surface area contributed by atoms with Crippen LogP contribution >= 0.6 is 11.3 Å². The predicted molar refractivity (Wildman–Crippen MR) is 77.9 cm³/mol. The van der Waals surface area contributed by atoms with Crippen LogP contribution in [0.15, 0.2) is 5.51 Å². The van der Waals surface area contributed by atoms with Gasteiger partial charge >= 0.3 is 0 Å². The first-order valence-corrected chi connectivity index (χ1v) is 7.72. The van der Waals surface area contributed by atoms with Crippen molar-refractivity contribution in [2.75, 3.05) is 18.4 Å². The summed E-state index contributed by atoms with van der Waals surface area (Å²) in [5, 5.41) is 19.2. The second-order valence-electron chi connectivity index (χ2n) is 5.28. The molecule has 0 radical (unpaired) electrons. The molecule has 9 heteroatoms. The monoisotopic (exact) mass is 307 g/mol. The molecular formula is C12H17N7OS. The number of amides is 1. The fourth-order valence-electron chi connectivity index (χ4n) is 2.38. The van der Waals surface area contributed by atoms with E-state index >= 15 is 0 Å². The first-order valence-electron chi connectivity index (χ1n) is 6.84. The second kappa shape index (κ2) is 5.86. The lowest BCUT2D eigenvalue weighted by atomic mass is 10.2. The molecule has 0 aromatic carbocycles. The minimum atomic E-state index is -0.0798. The maximum absolute atomic E-state index is 11.9. The Bertz CT molecular complexity index is 622. The van der Waals surface area contributed by atoms with Crippen LogP contribution < -0.4 is 5.32 Å². The molecule has 0 saturated heterocycles. The van der Waals surface area contributed by atoms with E-state index in [1.54, 1.807) is 5.51 Å². The van der Waals surface area contributed by atoms with E-state index in [0.29, 0.717) is 24.1 Å². The third kappa shape index (κ3) is 3.08. The Kier molecular flexibility index (Phi) is 3.93. The van der Waals surface area contributed by atoms with Crippen LogP contribution in [-0.4, -0.2) is 48.9 Å². The summed E-state index contributed by atoms with van der Waals surface area (Å²) in [4.78, 5) is 14.0. The lowest BCUT2D eigenvalue weighted by molar-refractivity contribution is -0.117. The van der Waals surface area contributed by atoms with E-state index in [0.717, 1.165) is 24.7 Å². The maximum atomic E-state index is 11.9. The Hall–Kier alpha value is -1.87. The molecule has 1 N–H and O–H groups in total. The third-order valence-electron chi connectivity index (χ3n) is 3.35. The molecule has 0 atom stereocenters. The molecule has 2 aromatic heterocycles. The zero-order valence-electron chi connectivity index (χ0n) is 12.0. The lowest BCUT2D eigenvalue weighted by Gasteiger charge is -2.27. The molecule has 1 aliphatic rings. The summed E-state index contributed by atoms with van der Waals surface area (Å²) in [6, 6.07) is 0. The normalized spacial score (nSPS) is 15.2. The number of hydrogen-bond donors (Lipinski definition) is 1. The molecule has 2 aromatic rings. The predicted octanol–water partition coefficient (Wildman–Crippen LogP) is 0.707. The van der Waals surface area contributed by atoms with Gasteiger partial charge in [-0.2, -0.15) is 0 Å². The van der Waals surface area contributed by atoms with Gasteiger partial charge in [0.1, 0.15) is 17.2 Å².